The van der Waals surface area contributed by atoms with Gasteiger partial charge >= 0.3 is 54.5 Å². The van der Waals surface area contributed by atoms with Crippen molar-refractivity contribution in [1.82, 2.24) is 0 Å². The van der Waals surface area contributed by atoms with Crippen molar-refractivity contribution in [1.29, 1.82) is 5.26 Å². The normalized spacial score (nSPS) is 10.6. The third-order valence-electron chi connectivity index (χ3n) is 0.780. The Labute approximate surface area is 54.8 Å². The molecule has 40 valence electrons. The summed E-state index contributed by atoms with van der Waals surface area (Å²) in [7, 11) is 0. The van der Waals surface area contributed by atoms with Crippen LogP contribution >= 0.6 is 0 Å². The zero-order valence-corrected chi connectivity index (χ0v) is 7.19. The molecule has 2 heteroatoms. The van der Waals surface area contributed by atoms with E-state index in [0.717, 1.165) is 0 Å². The van der Waals surface area contributed by atoms with Crippen molar-refractivity contribution >= 4 is 20.9 Å². The van der Waals surface area contributed by atoms with Crippen LogP contribution in [0, 0.1) is 11.3 Å². The Morgan fingerprint density at radius 3 is 2.00 bits per heavy atom. The molecule has 0 aromatic carbocycles. The van der Waals surface area contributed by atoms with E-state index in [-0.39, 0.29) is 24.4 Å². The van der Waals surface area contributed by atoms with Crippen molar-refractivity contribution in [3.8, 4) is 6.07 Å². The molecule has 0 aliphatic rings. The number of rotatable bonds is 1. The van der Waals surface area contributed by atoms with E-state index in [1.807, 2.05) is 13.8 Å². The summed E-state index contributed by atoms with van der Waals surface area (Å²) in [6.45, 7) is 3.99. The Balaban J connectivity index is 3.66. The maximum absolute atomic E-state index is 8.38. The first-order valence-corrected chi connectivity index (χ1v) is 5.58. The zero-order chi connectivity index (χ0) is 5.91. The van der Waals surface area contributed by atoms with E-state index >= 15 is 0 Å². The fraction of sp³-hybridized carbons (Fsp3) is 0.800. The molecule has 0 aliphatic carbocycles. The van der Waals surface area contributed by atoms with Gasteiger partial charge in [-0.15, -0.1) is 0 Å². The molecule has 1 nitrogen and oxygen atoms in total. The van der Waals surface area contributed by atoms with Gasteiger partial charge in [0.05, 0.1) is 0 Å². The molecule has 0 saturated heterocycles. The summed E-state index contributed by atoms with van der Waals surface area (Å²) >= 11 is -0.0518. The van der Waals surface area contributed by atoms with Gasteiger partial charge in [-0.2, -0.15) is 0 Å². The second kappa shape index (κ2) is 2.55. The van der Waals surface area contributed by atoms with Gasteiger partial charge < -0.3 is 0 Å². The summed E-state index contributed by atoms with van der Waals surface area (Å²) < 4.78 is 0.0189. The molecule has 0 aromatic heterocycles. The van der Waals surface area contributed by atoms with E-state index < -0.39 is 0 Å². The Hall–Kier alpha value is 0.280. The van der Waals surface area contributed by atoms with Gasteiger partial charge in [-0.05, 0) is 0 Å². The van der Waals surface area contributed by atoms with E-state index in [1.54, 1.807) is 0 Å². The molecule has 7 heavy (non-hydrogen) atoms. The van der Waals surface area contributed by atoms with E-state index in [4.69, 9.17) is 5.26 Å². The Kier molecular flexibility index (Phi) is 2.66. The van der Waals surface area contributed by atoms with Crippen LogP contribution in [0.25, 0.3) is 0 Å². The Morgan fingerprint density at radius 2 is 2.00 bits per heavy atom. The number of nitrogens with zero attached hydrogens (tertiary/aromatic N) is 1. The number of nitriles is 1. The molecule has 0 fully saturated rings. The molecule has 0 aromatic rings. The molecular formula is C5H9NTe. The molecule has 0 unspecified atom stereocenters. The second-order valence-corrected chi connectivity index (χ2v) is 5.90. The third-order valence-corrected chi connectivity index (χ3v) is 3.95. The molecule has 0 rings (SSSR count). The van der Waals surface area contributed by atoms with Crippen LogP contribution in [0.4, 0.5) is 0 Å². The van der Waals surface area contributed by atoms with Crippen LogP contribution in [-0.4, -0.2) is 20.9 Å². The zero-order valence-electron chi connectivity index (χ0n) is 4.86. The predicted octanol–water partition coefficient (Wildman–Crippen LogP) is 1.46. The first-order valence-electron chi connectivity index (χ1n) is 2.09. The van der Waals surface area contributed by atoms with Crippen molar-refractivity contribution in [2.75, 3.05) is 0 Å². The molecular weight excluding hydrogens is 202 g/mol. The topological polar surface area (TPSA) is 23.8 Å². The molecule has 0 bridgehead atoms. The van der Waals surface area contributed by atoms with E-state index in [9.17, 15) is 0 Å². The molecule has 0 aliphatic heterocycles. The van der Waals surface area contributed by atoms with Crippen molar-refractivity contribution in [2.24, 2.45) is 0 Å². The third kappa shape index (κ3) is 2.92. The van der Waals surface area contributed by atoms with E-state index in [2.05, 4.69) is 11.0 Å². The summed E-state index contributed by atoms with van der Waals surface area (Å²) in [6.07, 6.45) is 0. The van der Waals surface area contributed by atoms with Gasteiger partial charge in [0.1, 0.15) is 0 Å². The summed E-state index contributed by atoms with van der Waals surface area (Å²) in [4.78, 5) is 2.15. The van der Waals surface area contributed by atoms with Crippen LogP contribution in [0.5, 0.6) is 0 Å². The van der Waals surface area contributed by atoms with Crippen molar-refractivity contribution < 1.29 is 0 Å². The van der Waals surface area contributed by atoms with Crippen LogP contribution in [-0.2, 0) is 0 Å². The van der Waals surface area contributed by atoms with Gasteiger partial charge in [0.2, 0.25) is 0 Å². The molecule has 0 N–H and O–H groups in total. The Bertz CT molecular complexity index is 90.7. The molecule has 0 atom stereocenters. The number of hydrogen-bond donors (Lipinski definition) is 0. The molecule has 0 spiro atoms. The first kappa shape index (κ1) is 7.28. The summed E-state index contributed by atoms with van der Waals surface area (Å²) in [5.41, 5.74) is 0. The Morgan fingerprint density at radius 1 is 1.57 bits per heavy atom. The molecule has 0 radical (unpaired) electrons. The van der Waals surface area contributed by atoms with E-state index in [1.165, 1.54) is 0 Å². The fourth-order valence-electron chi connectivity index (χ4n) is 0.0456. The fourth-order valence-corrected chi connectivity index (χ4v) is 0.306. The van der Waals surface area contributed by atoms with Crippen molar-refractivity contribution in [2.45, 2.75) is 22.3 Å². The average molecular weight is 211 g/mol. The van der Waals surface area contributed by atoms with Gasteiger partial charge in [0.15, 0.2) is 0 Å². The van der Waals surface area contributed by atoms with Crippen LogP contribution in [0.15, 0.2) is 0 Å². The SMILES string of the molecule is C[Te]C(C)(C)C#N. The van der Waals surface area contributed by atoms with Gasteiger partial charge in [-0.1, -0.05) is 0 Å². The molecule has 0 heterocycles. The second-order valence-electron chi connectivity index (χ2n) is 1.83. The first-order chi connectivity index (χ1) is 3.12. The van der Waals surface area contributed by atoms with Crippen molar-refractivity contribution in [3.05, 3.63) is 0 Å². The van der Waals surface area contributed by atoms with E-state index in [0.29, 0.717) is 0 Å². The van der Waals surface area contributed by atoms with Gasteiger partial charge in [-0.25, -0.2) is 0 Å². The maximum atomic E-state index is 8.38. The molecule has 0 amide bonds. The number of hydrogen-bond acceptors (Lipinski definition) is 1. The monoisotopic (exact) mass is 213 g/mol. The van der Waals surface area contributed by atoms with Crippen LogP contribution < -0.4 is 0 Å². The van der Waals surface area contributed by atoms with Gasteiger partial charge in [0, 0.05) is 0 Å². The molecule has 0 saturated carbocycles. The average Bonchev–Trinajstić information content (AvgIpc) is 1.68. The quantitative estimate of drug-likeness (QED) is 0.602. The minimum atomic E-state index is -0.0518. The van der Waals surface area contributed by atoms with Crippen molar-refractivity contribution in [3.63, 3.8) is 0 Å². The minimum absolute atomic E-state index is 0.0189. The standard InChI is InChI=1S/C5H9NTe/c1-5(2,4-6)7-3/h1-3H3. The summed E-state index contributed by atoms with van der Waals surface area (Å²) in [5.74, 6) is 0. The summed E-state index contributed by atoms with van der Waals surface area (Å²) in [6, 6.07) is 2.25. The van der Waals surface area contributed by atoms with Gasteiger partial charge in [0.25, 0.3) is 0 Å². The van der Waals surface area contributed by atoms with Crippen LogP contribution in [0.2, 0.25) is 8.43 Å². The van der Waals surface area contributed by atoms with Crippen LogP contribution in [0.3, 0.4) is 0 Å². The van der Waals surface area contributed by atoms with Gasteiger partial charge in [-0.3, -0.25) is 0 Å². The van der Waals surface area contributed by atoms with Crippen LogP contribution in [0.1, 0.15) is 13.8 Å². The summed E-state index contributed by atoms with van der Waals surface area (Å²) in [5, 5.41) is 8.38. The predicted molar refractivity (Wildman–Crippen MR) is 31.3 cm³/mol.